The Bertz CT molecular complexity index is 1060. The van der Waals surface area contributed by atoms with E-state index >= 15 is 0 Å². The van der Waals surface area contributed by atoms with Gasteiger partial charge in [-0.2, -0.15) is 0 Å². The molecule has 1 aromatic heterocycles. The molecule has 3 aromatic rings. The van der Waals surface area contributed by atoms with Crippen molar-refractivity contribution in [3.05, 3.63) is 87.3 Å². The van der Waals surface area contributed by atoms with Gasteiger partial charge in [-0.3, -0.25) is 9.59 Å². The van der Waals surface area contributed by atoms with Gasteiger partial charge in [0.15, 0.2) is 0 Å². The van der Waals surface area contributed by atoms with Crippen LogP contribution in [-0.2, 0) is 6.54 Å². The molecule has 2 aromatic carbocycles. The Balaban J connectivity index is 1.85. The molecule has 0 saturated heterocycles. The molecular formula is C21H19ClN2O4. The molecule has 144 valence electrons. The summed E-state index contributed by atoms with van der Waals surface area (Å²) in [4.78, 5) is 24.9. The molecule has 6 nitrogen and oxygen atoms in total. The van der Waals surface area contributed by atoms with E-state index < -0.39 is 0 Å². The van der Waals surface area contributed by atoms with Crippen LogP contribution in [0.1, 0.15) is 15.9 Å². The van der Waals surface area contributed by atoms with E-state index in [4.69, 9.17) is 21.1 Å². The summed E-state index contributed by atoms with van der Waals surface area (Å²) < 4.78 is 11.9. The van der Waals surface area contributed by atoms with Crippen molar-refractivity contribution in [3.63, 3.8) is 0 Å². The van der Waals surface area contributed by atoms with Crippen molar-refractivity contribution >= 4 is 23.2 Å². The van der Waals surface area contributed by atoms with Crippen LogP contribution in [-0.4, -0.2) is 24.7 Å². The summed E-state index contributed by atoms with van der Waals surface area (Å²) in [5.74, 6) is 0.815. The third kappa shape index (κ3) is 4.53. The molecule has 1 heterocycles. The first kappa shape index (κ1) is 19.5. The zero-order valence-electron chi connectivity index (χ0n) is 15.4. The van der Waals surface area contributed by atoms with Crippen molar-refractivity contribution in [3.8, 4) is 11.5 Å². The van der Waals surface area contributed by atoms with Crippen LogP contribution < -0.4 is 20.3 Å². The molecule has 0 fully saturated rings. The Morgan fingerprint density at radius 2 is 1.89 bits per heavy atom. The first-order chi connectivity index (χ1) is 13.5. The highest BCUT2D eigenvalue weighted by Gasteiger charge is 2.12. The molecule has 0 saturated carbocycles. The summed E-state index contributed by atoms with van der Waals surface area (Å²) in [5.41, 5.74) is 1.46. The Morgan fingerprint density at radius 3 is 2.64 bits per heavy atom. The molecule has 0 aliphatic rings. The van der Waals surface area contributed by atoms with Crippen LogP contribution in [0.25, 0.3) is 0 Å². The molecule has 0 radical (unpaired) electrons. The number of pyridine rings is 1. The maximum Gasteiger partial charge on any atom is 0.257 e. The van der Waals surface area contributed by atoms with E-state index in [1.54, 1.807) is 25.3 Å². The number of hydrogen-bond acceptors (Lipinski definition) is 4. The van der Waals surface area contributed by atoms with Crippen molar-refractivity contribution in [2.75, 3.05) is 19.5 Å². The maximum atomic E-state index is 12.7. The SMILES string of the molecule is COc1cccc(Cn2cc(C(=O)Nc3cc(Cl)ccc3OC)ccc2=O)c1. The molecule has 1 N–H and O–H groups in total. The minimum atomic E-state index is -0.375. The van der Waals surface area contributed by atoms with Crippen molar-refractivity contribution in [1.29, 1.82) is 0 Å². The van der Waals surface area contributed by atoms with Gasteiger partial charge in [-0.05, 0) is 42.0 Å². The Labute approximate surface area is 167 Å². The van der Waals surface area contributed by atoms with Gasteiger partial charge in [0.05, 0.1) is 32.0 Å². The molecule has 0 aliphatic heterocycles. The summed E-state index contributed by atoms with van der Waals surface area (Å²) in [6.45, 7) is 0.317. The van der Waals surface area contributed by atoms with E-state index in [1.807, 2.05) is 24.3 Å². The number of methoxy groups -OCH3 is 2. The highest BCUT2D eigenvalue weighted by atomic mass is 35.5. The number of carbonyl (C=O) groups excluding carboxylic acids is 1. The van der Waals surface area contributed by atoms with E-state index in [0.717, 1.165) is 5.56 Å². The number of halogens is 1. The van der Waals surface area contributed by atoms with Crippen molar-refractivity contribution < 1.29 is 14.3 Å². The topological polar surface area (TPSA) is 69.6 Å². The molecule has 28 heavy (non-hydrogen) atoms. The van der Waals surface area contributed by atoms with Gasteiger partial charge in [0.1, 0.15) is 11.5 Å². The zero-order valence-corrected chi connectivity index (χ0v) is 16.2. The highest BCUT2D eigenvalue weighted by molar-refractivity contribution is 6.31. The lowest BCUT2D eigenvalue weighted by molar-refractivity contribution is 0.102. The summed E-state index contributed by atoms with van der Waals surface area (Å²) >= 11 is 6.00. The minimum Gasteiger partial charge on any atom is -0.497 e. The van der Waals surface area contributed by atoms with Gasteiger partial charge in [-0.25, -0.2) is 0 Å². The summed E-state index contributed by atoms with van der Waals surface area (Å²) in [6.07, 6.45) is 1.52. The third-order valence-electron chi connectivity index (χ3n) is 4.14. The van der Waals surface area contributed by atoms with Gasteiger partial charge in [-0.1, -0.05) is 23.7 Å². The van der Waals surface area contributed by atoms with E-state index in [1.165, 1.54) is 30.0 Å². The Morgan fingerprint density at radius 1 is 1.07 bits per heavy atom. The average Bonchev–Trinajstić information content (AvgIpc) is 2.70. The number of anilines is 1. The van der Waals surface area contributed by atoms with Gasteiger partial charge in [0.2, 0.25) is 0 Å². The number of aromatic nitrogens is 1. The molecule has 7 heteroatoms. The average molecular weight is 399 g/mol. The third-order valence-corrected chi connectivity index (χ3v) is 4.38. The number of amides is 1. The van der Waals surface area contributed by atoms with Crippen LogP contribution in [0.15, 0.2) is 65.6 Å². The molecule has 0 aliphatic carbocycles. The molecule has 0 spiro atoms. The zero-order chi connectivity index (χ0) is 20.1. The second-order valence-electron chi connectivity index (χ2n) is 6.03. The van der Waals surface area contributed by atoms with Crippen molar-refractivity contribution in [2.24, 2.45) is 0 Å². The predicted octanol–water partition coefficient (Wildman–Crippen LogP) is 3.82. The number of carbonyl (C=O) groups is 1. The second-order valence-corrected chi connectivity index (χ2v) is 6.47. The molecule has 1 amide bonds. The Hall–Kier alpha value is -3.25. The van der Waals surface area contributed by atoms with Crippen LogP contribution in [0.5, 0.6) is 11.5 Å². The molecule has 0 bridgehead atoms. The fourth-order valence-corrected chi connectivity index (χ4v) is 2.90. The predicted molar refractivity (Wildman–Crippen MR) is 109 cm³/mol. The van der Waals surface area contributed by atoms with E-state index in [2.05, 4.69) is 5.32 Å². The van der Waals surface area contributed by atoms with E-state index in [-0.39, 0.29) is 11.5 Å². The van der Waals surface area contributed by atoms with Crippen molar-refractivity contribution in [1.82, 2.24) is 4.57 Å². The normalized spacial score (nSPS) is 10.4. The van der Waals surface area contributed by atoms with Crippen LogP contribution >= 0.6 is 11.6 Å². The minimum absolute atomic E-state index is 0.209. The molecule has 0 unspecified atom stereocenters. The summed E-state index contributed by atoms with van der Waals surface area (Å²) in [5, 5.41) is 3.23. The smallest absolute Gasteiger partial charge is 0.257 e. The van der Waals surface area contributed by atoms with E-state index in [9.17, 15) is 9.59 Å². The van der Waals surface area contributed by atoms with Crippen LogP contribution in [0, 0.1) is 0 Å². The van der Waals surface area contributed by atoms with Gasteiger partial charge < -0.3 is 19.4 Å². The fourth-order valence-electron chi connectivity index (χ4n) is 2.73. The van der Waals surface area contributed by atoms with E-state index in [0.29, 0.717) is 34.3 Å². The maximum absolute atomic E-state index is 12.7. The summed E-state index contributed by atoms with van der Waals surface area (Å²) in [6, 6.07) is 15.2. The highest BCUT2D eigenvalue weighted by Crippen LogP contribution is 2.28. The van der Waals surface area contributed by atoms with Gasteiger partial charge in [0, 0.05) is 17.3 Å². The molecule has 3 rings (SSSR count). The lowest BCUT2D eigenvalue weighted by atomic mass is 10.2. The lowest BCUT2D eigenvalue weighted by Crippen LogP contribution is -2.22. The first-order valence-corrected chi connectivity index (χ1v) is 8.86. The monoisotopic (exact) mass is 398 g/mol. The van der Waals surface area contributed by atoms with Crippen LogP contribution in [0.4, 0.5) is 5.69 Å². The number of nitrogens with one attached hydrogen (secondary N) is 1. The van der Waals surface area contributed by atoms with Crippen LogP contribution in [0.3, 0.4) is 0 Å². The van der Waals surface area contributed by atoms with Crippen molar-refractivity contribution in [2.45, 2.75) is 6.54 Å². The number of ether oxygens (including phenoxy) is 2. The molecular weight excluding hydrogens is 380 g/mol. The Kier molecular flexibility index (Phi) is 6.01. The number of hydrogen-bond donors (Lipinski definition) is 1. The van der Waals surface area contributed by atoms with Gasteiger partial charge in [-0.15, -0.1) is 0 Å². The standard InChI is InChI=1S/C21H19ClN2O4/c1-27-17-5-3-4-14(10-17)12-24-13-15(6-9-20(24)25)21(26)23-18-11-16(22)7-8-19(18)28-2/h3-11,13H,12H2,1-2H3,(H,23,26). The molecule has 0 atom stereocenters. The number of benzene rings is 2. The number of rotatable bonds is 6. The second kappa shape index (κ2) is 8.63. The largest absolute Gasteiger partial charge is 0.497 e. The number of nitrogens with zero attached hydrogens (tertiary/aromatic N) is 1. The van der Waals surface area contributed by atoms with Crippen LogP contribution in [0.2, 0.25) is 5.02 Å². The lowest BCUT2D eigenvalue weighted by Gasteiger charge is -2.12. The first-order valence-electron chi connectivity index (χ1n) is 8.48. The van der Waals surface area contributed by atoms with Gasteiger partial charge >= 0.3 is 0 Å². The quantitative estimate of drug-likeness (QED) is 0.685. The summed E-state index contributed by atoms with van der Waals surface area (Å²) in [7, 11) is 3.09. The fraction of sp³-hybridized carbons (Fsp3) is 0.143. The van der Waals surface area contributed by atoms with Gasteiger partial charge in [0.25, 0.3) is 11.5 Å².